The summed E-state index contributed by atoms with van der Waals surface area (Å²) in [6.45, 7) is 0. The summed E-state index contributed by atoms with van der Waals surface area (Å²) < 4.78 is 0. The zero-order chi connectivity index (χ0) is 27.6. The molecule has 0 heterocycles. The van der Waals surface area contributed by atoms with Crippen molar-refractivity contribution in [1.29, 1.82) is 0 Å². The molecule has 0 radical (unpaired) electrons. The van der Waals surface area contributed by atoms with Crippen LogP contribution in [0.25, 0.3) is 6.08 Å². The van der Waals surface area contributed by atoms with Gasteiger partial charge in [-0.25, -0.2) is 0 Å². The molecular weight excluding hydrogens is 553 g/mol. The summed E-state index contributed by atoms with van der Waals surface area (Å²) in [6.07, 6.45) is 1.57. The van der Waals surface area contributed by atoms with Crippen LogP contribution in [0.15, 0.2) is 114 Å². The maximum Gasteiger partial charge on any atom is 0.272 e. The van der Waals surface area contributed by atoms with Crippen LogP contribution < -0.4 is 16.0 Å². The molecule has 9 heteroatoms. The normalized spacial score (nSPS) is 11.0. The van der Waals surface area contributed by atoms with Gasteiger partial charge in [0.15, 0.2) is 0 Å². The average Bonchev–Trinajstić information content (AvgIpc) is 2.93. The maximum atomic E-state index is 13.3. The van der Waals surface area contributed by atoms with Crippen LogP contribution in [0.4, 0.5) is 11.4 Å². The Hall–Kier alpha value is -4.04. The zero-order valence-electron chi connectivity index (χ0n) is 20.5. The SMILES string of the molecule is O=C(CSc1cccc(NC(=O)/C(=C/c2ccc(Cl)cc2)NC(=O)c2ccccc2)c1)Nc1cccc(Cl)c1. The molecule has 4 aromatic carbocycles. The summed E-state index contributed by atoms with van der Waals surface area (Å²) in [5, 5.41) is 9.43. The molecule has 0 spiro atoms. The number of nitrogens with one attached hydrogen (secondary N) is 3. The van der Waals surface area contributed by atoms with Crippen molar-refractivity contribution < 1.29 is 14.4 Å². The van der Waals surface area contributed by atoms with Crippen molar-refractivity contribution in [2.45, 2.75) is 4.90 Å². The first-order valence-electron chi connectivity index (χ1n) is 11.8. The number of halogens is 2. The maximum absolute atomic E-state index is 13.3. The predicted octanol–water partition coefficient (Wildman–Crippen LogP) is 7.13. The van der Waals surface area contributed by atoms with Crippen LogP contribution in [0.3, 0.4) is 0 Å². The van der Waals surface area contributed by atoms with Crippen molar-refractivity contribution >= 4 is 70.1 Å². The first-order valence-corrected chi connectivity index (χ1v) is 13.5. The van der Waals surface area contributed by atoms with E-state index < -0.39 is 11.8 Å². The molecule has 0 saturated heterocycles. The molecule has 196 valence electrons. The lowest BCUT2D eigenvalue weighted by Crippen LogP contribution is -2.30. The van der Waals surface area contributed by atoms with Crippen molar-refractivity contribution in [2.24, 2.45) is 0 Å². The number of carbonyl (C=O) groups is 3. The summed E-state index contributed by atoms with van der Waals surface area (Å²) in [5.74, 6) is -0.941. The molecule has 6 nitrogen and oxygen atoms in total. The molecule has 0 aliphatic rings. The van der Waals surface area contributed by atoms with E-state index in [2.05, 4.69) is 16.0 Å². The molecule has 0 bridgehead atoms. The van der Waals surface area contributed by atoms with Gasteiger partial charge in [0.2, 0.25) is 5.91 Å². The van der Waals surface area contributed by atoms with Crippen molar-refractivity contribution in [1.82, 2.24) is 5.32 Å². The van der Waals surface area contributed by atoms with Crippen LogP contribution in [0, 0.1) is 0 Å². The molecular formula is C30H23Cl2N3O3S. The second-order valence-corrected chi connectivity index (χ2v) is 10.2. The highest BCUT2D eigenvalue weighted by atomic mass is 35.5. The summed E-state index contributed by atoms with van der Waals surface area (Å²) in [6, 6.07) is 29.5. The quantitative estimate of drug-likeness (QED) is 0.146. The molecule has 3 N–H and O–H groups in total. The van der Waals surface area contributed by atoms with Crippen molar-refractivity contribution in [3.63, 3.8) is 0 Å². The highest BCUT2D eigenvalue weighted by Crippen LogP contribution is 2.23. The number of amides is 3. The first kappa shape index (κ1) is 28.0. The monoisotopic (exact) mass is 575 g/mol. The fourth-order valence-corrected chi connectivity index (χ4v) is 4.51. The van der Waals surface area contributed by atoms with E-state index >= 15 is 0 Å². The van der Waals surface area contributed by atoms with Gasteiger partial charge >= 0.3 is 0 Å². The third-order valence-corrected chi connectivity index (χ3v) is 6.76. The number of carbonyl (C=O) groups excluding carboxylic acids is 3. The van der Waals surface area contributed by atoms with E-state index in [4.69, 9.17) is 23.2 Å². The van der Waals surface area contributed by atoms with Crippen LogP contribution in [-0.2, 0) is 9.59 Å². The highest BCUT2D eigenvalue weighted by Gasteiger charge is 2.15. The molecule has 3 amide bonds. The second-order valence-electron chi connectivity index (χ2n) is 8.26. The predicted molar refractivity (Wildman–Crippen MR) is 159 cm³/mol. The molecule has 0 atom stereocenters. The Labute approximate surface area is 240 Å². The van der Waals surface area contributed by atoms with Gasteiger partial charge in [-0.1, -0.05) is 65.7 Å². The molecule has 0 aliphatic heterocycles. The van der Waals surface area contributed by atoms with Gasteiger partial charge in [0, 0.05) is 31.9 Å². The lowest BCUT2D eigenvalue weighted by Gasteiger charge is -2.12. The van der Waals surface area contributed by atoms with Gasteiger partial charge in [0.1, 0.15) is 5.70 Å². The second kappa shape index (κ2) is 13.7. The lowest BCUT2D eigenvalue weighted by atomic mass is 10.1. The summed E-state index contributed by atoms with van der Waals surface area (Å²) in [5.41, 5.74) is 2.29. The van der Waals surface area contributed by atoms with Crippen LogP contribution in [0.2, 0.25) is 10.0 Å². The summed E-state index contributed by atoms with van der Waals surface area (Å²) in [7, 11) is 0. The Morgan fingerprint density at radius 2 is 1.41 bits per heavy atom. The minimum Gasteiger partial charge on any atom is -0.325 e. The summed E-state index contributed by atoms with van der Waals surface area (Å²) >= 11 is 13.3. The van der Waals surface area contributed by atoms with Gasteiger partial charge in [-0.05, 0) is 72.3 Å². The van der Waals surface area contributed by atoms with Gasteiger partial charge in [0.25, 0.3) is 11.8 Å². The van der Waals surface area contributed by atoms with Crippen LogP contribution in [-0.4, -0.2) is 23.5 Å². The molecule has 0 fully saturated rings. The number of hydrogen-bond donors (Lipinski definition) is 3. The van der Waals surface area contributed by atoms with E-state index in [1.165, 1.54) is 11.8 Å². The molecule has 0 unspecified atom stereocenters. The Kier molecular flexibility index (Phi) is 9.80. The Balaban J connectivity index is 1.44. The first-order chi connectivity index (χ1) is 18.9. The van der Waals surface area contributed by atoms with E-state index in [0.29, 0.717) is 32.5 Å². The number of anilines is 2. The molecule has 0 aliphatic carbocycles. The highest BCUT2D eigenvalue weighted by molar-refractivity contribution is 8.00. The van der Waals surface area contributed by atoms with Gasteiger partial charge in [-0.3, -0.25) is 14.4 Å². The van der Waals surface area contributed by atoms with E-state index in [1.807, 2.05) is 6.07 Å². The standard InChI is InChI=1S/C30H23Cl2N3O3S/c31-22-14-12-20(13-15-22)16-27(35-29(37)21-6-2-1-3-7-21)30(38)34-25-10-5-11-26(18-25)39-19-28(36)33-24-9-4-8-23(32)17-24/h1-18H,19H2,(H,33,36)(H,34,38)(H,35,37)/b27-16-. The number of benzene rings is 4. The van der Waals surface area contributed by atoms with Crippen LogP contribution >= 0.6 is 35.0 Å². The Bertz CT molecular complexity index is 1510. The van der Waals surface area contributed by atoms with Gasteiger partial charge in [-0.15, -0.1) is 11.8 Å². The molecule has 4 aromatic rings. The minimum atomic E-state index is -0.505. The largest absolute Gasteiger partial charge is 0.325 e. The molecule has 4 rings (SSSR count). The van der Waals surface area contributed by atoms with Crippen molar-refractivity contribution in [3.05, 3.63) is 130 Å². The summed E-state index contributed by atoms with van der Waals surface area (Å²) in [4.78, 5) is 39.2. The van der Waals surface area contributed by atoms with Crippen molar-refractivity contribution in [2.75, 3.05) is 16.4 Å². The van der Waals surface area contributed by atoms with Crippen molar-refractivity contribution in [3.8, 4) is 0 Å². The van der Waals surface area contributed by atoms with Crippen LogP contribution in [0.1, 0.15) is 15.9 Å². The fourth-order valence-electron chi connectivity index (χ4n) is 3.44. The third kappa shape index (κ3) is 8.75. The smallest absolute Gasteiger partial charge is 0.272 e. The molecule has 39 heavy (non-hydrogen) atoms. The van der Waals surface area contributed by atoms with Gasteiger partial charge in [-0.2, -0.15) is 0 Å². The molecule has 0 aromatic heterocycles. The van der Waals surface area contributed by atoms with Gasteiger partial charge in [0.05, 0.1) is 5.75 Å². The van der Waals surface area contributed by atoms with E-state index in [9.17, 15) is 14.4 Å². The molecule has 0 saturated carbocycles. The van der Waals surface area contributed by atoms with E-state index in [-0.39, 0.29) is 17.4 Å². The minimum absolute atomic E-state index is 0.0603. The average molecular weight is 577 g/mol. The third-order valence-electron chi connectivity index (χ3n) is 5.28. The number of rotatable bonds is 9. The van der Waals surface area contributed by atoms with E-state index in [0.717, 1.165) is 4.90 Å². The van der Waals surface area contributed by atoms with Crippen LogP contribution in [0.5, 0.6) is 0 Å². The topological polar surface area (TPSA) is 87.3 Å². The number of hydrogen-bond acceptors (Lipinski definition) is 4. The fraction of sp³-hybridized carbons (Fsp3) is 0.0333. The Morgan fingerprint density at radius 1 is 0.718 bits per heavy atom. The number of thioether (sulfide) groups is 1. The van der Waals surface area contributed by atoms with Gasteiger partial charge < -0.3 is 16.0 Å². The zero-order valence-corrected chi connectivity index (χ0v) is 22.8. The lowest BCUT2D eigenvalue weighted by molar-refractivity contribution is -0.114. The Morgan fingerprint density at radius 3 is 2.13 bits per heavy atom. The van der Waals surface area contributed by atoms with E-state index in [1.54, 1.807) is 103 Å².